The molecule has 3 N–H and O–H groups in total. The van der Waals surface area contributed by atoms with Crippen molar-refractivity contribution in [1.82, 2.24) is 0 Å². The molecule has 0 radical (unpaired) electrons. The summed E-state index contributed by atoms with van der Waals surface area (Å²) in [4.78, 5) is 25.0. The smallest absolute Gasteiger partial charge is 0.324 e. The molecule has 6 nitrogen and oxygen atoms in total. The summed E-state index contributed by atoms with van der Waals surface area (Å²) in [6.07, 6.45) is 0. The summed E-state index contributed by atoms with van der Waals surface area (Å²) in [5, 5.41) is 8.93. The Bertz CT molecular complexity index is 925. The Balaban J connectivity index is 1.61. The molecule has 0 aliphatic heterocycles. The van der Waals surface area contributed by atoms with Crippen LogP contribution in [0.4, 0.5) is 21.2 Å². The Hall–Kier alpha value is -3.16. The molecule has 1 heterocycles. The van der Waals surface area contributed by atoms with Crippen LogP contribution in [-0.2, 0) is 11.3 Å². The van der Waals surface area contributed by atoms with E-state index in [1.807, 2.05) is 42.5 Å². The van der Waals surface area contributed by atoms with E-state index in [-0.39, 0.29) is 11.9 Å². The monoisotopic (exact) mass is 381 g/mol. The van der Waals surface area contributed by atoms with Gasteiger partial charge in [0.1, 0.15) is 0 Å². The van der Waals surface area contributed by atoms with Crippen LogP contribution in [0.3, 0.4) is 0 Å². The summed E-state index contributed by atoms with van der Waals surface area (Å²) >= 11 is 1.20. The van der Waals surface area contributed by atoms with Crippen LogP contribution in [-0.4, -0.2) is 19.0 Å². The number of carbonyl (C=O) groups excluding carboxylic acids is 2. The van der Waals surface area contributed by atoms with Gasteiger partial charge in [-0.05, 0) is 30.3 Å². The number of benzene rings is 2. The fourth-order valence-electron chi connectivity index (χ4n) is 2.43. The van der Waals surface area contributed by atoms with E-state index in [0.717, 1.165) is 5.56 Å². The van der Waals surface area contributed by atoms with Crippen LogP contribution in [0, 0.1) is 0 Å². The number of rotatable bonds is 6. The molecule has 7 heteroatoms. The van der Waals surface area contributed by atoms with E-state index in [2.05, 4.69) is 16.0 Å². The SMILES string of the molecule is COCc1ccccc1NC(=O)c1ccc(NC(=O)Nc2ccccc2)s1. The van der Waals surface area contributed by atoms with E-state index in [0.29, 0.717) is 27.9 Å². The number of ether oxygens (including phenoxy) is 1. The lowest BCUT2D eigenvalue weighted by atomic mass is 10.2. The second-order valence-corrected chi connectivity index (χ2v) is 6.74. The second-order valence-electron chi connectivity index (χ2n) is 5.65. The third kappa shape index (κ3) is 5.16. The first kappa shape index (κ1) is 18.6. The summed E-state index contributed by atoms with van der Waals surface area (Å²) in [6.45, 7) is 0.410. The number of nitrogens with one attached hydrogen (secondary N) is 3. The van der Waals surface area contributed by atoms with Crippen LogP contribution in [0.15, 0.2) is 66.7 Å². The van der Waals surface area contributed by atoms with Crippen molar-refractivity contribution in [1.29, 1.82) is 0 Å². The molecule has 0 aliphatic carbocycles. The molecule has 0 aliphatic rings. The molecule has 0 bridgehead atoms. The minimum atomic E-state index is -0.361. The summed E-state index contributed by atoms with van der Waals surface area (Å²) in [5.41, 5.74) is 2.29. The molecule has 138 valence electrons. The Labute approximate surface area is 161 Å². The molecule has 3 aromatic rings. The van der Waals surface area contributed by atoms with Crippen molar-refractivity contribution in [3.63, 3.8) is 0 Å². The van der Waals surface area contributed by atoms with Crippen LogP contribution in [0.5, 0.6) is 0 Å². The van der Waals surface area contributed by atoms with Crippen LogP contribution in [0.1, 0.15) is 15.2 Å². The molecule has 2 aromatic carbocycles. The lowest BCUT2D eigenvalue weighted by Crippen LogP contribution is -2.18. The average Bonchev–Trinajstić information content (AvgIpc) is 3.13. The second kappa shape index (κ2) is 8.98. The molecule has 0 fully saturated rings. The van der Waals surface area contributed by atoms with Gasteiger partial charge in [-0.3, -0.25) is 10.1 Å². The first-order chi connectivity index (χ1) is 13.2. The molecule has 0 saturated heterocycles. The number of hydrogen-bond acceptors (Lipinski definition) is 4. The van der Waals surface area contributed by atoms with Gasteiger partial charge in [0.05, 0.1) is 16.5 Å². The van der Waals surface area contributed by atoms with Crippen LogP contribution in [0.25, 0.3) is 0 Å². The van der Waals surface area contributed by atoms with E-state index >= 15 is 0 Å². The standard InChI is InChI=1S/C20H19N3O3S/c1-26-13-14-7-5-6-10-16(14)22-19(24)17-11-12-18(27-17)23-20(25)21-15-8-3-2-4-9-15/h2-12H,13H2,1H3,(H,22,24)(H2,21,23,25). The minimum Gasteiger partial charge on any atom is -0.380 e. The first-order valence-corrected chi connectivity index (χ1v) is 9.08. The normalized spacial score (nSPS) is 10.3. The van der Waals surface area contributed by atoms with Gasteiger partial charge in [-0.25, -0.2) is 4.79 Å². The fraction of sp³-hybridized carbons (Fsp3) is 0.100. The van der Waals surface area contributed by atoms with Gasteiger partial charge in [0.25, 0.3) is 5.91 Å². The zero-order valence-electron chi connectivity index (χ0n) is 14.7. The van der Waals surface area contributed by atoms with Gasteiger partial charge in [0.2, 0.25) is 0 Å². The predicted molar refractivity (Wildman–Crippen MR) is 109 cm³/mol. The number of methoxy groups -OCH3 is 1. The van der Waals surface area contributed by atoms with E-state index in [1.165, 1.54) is 11.3 Å². The zero-order valence-corrected chi connectivity index (χ0v) is 15.5. The first-order valence-electron chi connectivity index (χ1n) is 8.27. The lowest BCUT2D eigenvalue weighted by Gasteiger charge is -2.09. The van der Waals surface area contributed by atoms with Crippen molar-refractivity contribution < 1.29 is 14.3 Å². The molecule has 3 rings (SSSR count). The van der Waals surface area contributed by atoms with Gasteiger partial charge in [-0.2, -0.15) is 0 Å². The molecule has 0 atom stereocenters. The van der Waals surface area contributed by atoms with Gasteiger partial charge in [-0.15, -0.1) is 11.3 Å². The molecule has 0 spiro atoms. The summed E-state index contributed by atoms with van der Waals surface area (Å²) in [6, 6.07) is 19.6. The maximum absolute atomic E-state index is 12.5. The molecule has 3 amide bonds. The number of thiophene rings is 1. The quantitative estimate of drug-likeness (QED) is 0.574. The Morgan fingerprint density at radius 1 is 0.889 bits per heavy atom. The number of para-hydroxylation sites is 2. The average molecular weight is 381 g/mol. The molecular weight excluding hydrogens is 362 g/mol. The maximum Gasteiger partial charge on any atom is 0.324 e. The third-order valence-corrected chi connectivity index (χ3v) is 4.66. The van der Waals surface area contributed by atoms with Gasteiger partial charge in [-0.1, -0.05) is 36.4 Å². The highest BCUT2D eigenvalue weighted by Gasteiger charge is 2.13. The zero-order chi connectivity index (χ0) is 19.1. The van der Waals surface area contributed by atoms with Crippen molar-refractivity contribution in [2.24, 2.45) is 0 Å². The van der Waals surface area contributed by atoms with E-state index in [9.17, 15) is 9.59 Å². The highest BCUT2D eigenvalue weighted by atomic mass is 32.1. The number of carbonyl (C=O) groups is 2. The Kier molecular flexibility index (Phi) is 6.19. The van der Waals surface area contributed by atoms with Gasteiger partial charge < -0.3 is 15.4 Å². The van der Waals surface area contributed by atoms with Crippen LogP contribution >= 0.6 is 11.3 Å². The van der Waals surface area contributed by atoms with Gasteiger partial charge in [0, 0.05) is 24.0 Å². The minimum absolute atomic E-state index is 0.236. The van der Waals surface area contributed by atoms with Crippen LogP contribution in [0.2, 0.25) is 0 Å². The highest BCUT2D eigenvalue weighted by molar-refractivity contribution is 7.18. The highest BCUT2D eigenvalue weighted by Crippen LogP contribution is 2.24. The van der Waals surface area contributed by atoms with Crippen LogP contribution < -0.4 is 16.0 Å². The summed E-state index contributed by atoms with van der Waals surface area (Å²) in [5.74, 6) is -0.236. The predicted octanol–water partition coefficient (Wildman–Crippen LogP) is 4.79. The molecular formula is C20H19N3O3S. The molecule has 0 unspecified atom stereocenters. The number of amides is 3. The molecule has 27 heavy (non-hydrogen) atoms. The lowest BCUT2D eigenvalue weighted by molar-refractivity contribution is 0.103. The third-order valence-electron chi connectivity index (χ3n) is 3.66. The van der Waals surface area contributed by atoms with Crippen molar-refractivity contribution in [3.05, 3.63) is 77.2 Å². The van der Waals surface area contributed by atoms with Gasteiger partial charge in [0.15, 0.2) is 0 Å². The summed E-state index contributed by atoms with van der Waals surface area (Å²) in [7, 11) is 1.61. The van der Waals surface area contributed by atoms with Crippen molar-refractivity contribution in [2.75, 3.05) is 23.1 Å². The van der Waals surface area contributed by atoms with E-state index in [4.69, 9.17) is 4.74 Å². The van der Waals surface area contributed by atoms with E-state index in [1.54, 1.807) is 31.4 Å². The largest absolute Gasteiger partial charge is 0.380 e. The Morgan fingerprint density at radius 3 is 2.41 bits per heavy atom. The maximum atomic E-state index is 12.5. The fourth-order valence-corrected chi connectivity index (χ4v) is 3.23. The number of anilines is 3. The van der Waals surface area contributed by atoms with Crippen molar-refractivity contribution >= 4 is 39.7 Å². The number of urea groups is 1. The van der Waals surface area contributed by atoms with Crippen molar-refractivity contribution in [2.45, 2.75) is 6.61 Å². The summed E-state index contributed by atoms with van der Waals surface area (Å²) < 4.78 is 5.15. The molecule has 1 aromatic heterocycles. The number of hydrogen-bond donors (Lipinski definition) is 3. The Morgan fingerprint density at radius 2 is 1.63 bits per heavy atom. The topological polar surface area (TPSA) is 79.5 Å². The van der Waals surface area contributed by atoms with Crippen molar-refractivity contribution in [3.8, 4) is 0 Å². The van der Waals surface area contributed by atoms with Gasteiger partial charge >= 0.3 is 6.03 Å². The molecule has 0 saturated carbocycles. The van der Waals surface area contributed by atoms with E-state index < -0.39 is 0 Å².